The van der Waals surface area contributed by atoms with Crippen molar-refractivity contribution in [2.24, 2.45) is 5.73 Å². The Morgan fingerprint density at radius 1 is 1.43 bits per heavy atom. The number of ether oxygens (including phenoxy) is 1. The average molecular weight is 200 g/mol. The molecular weight excluding hydrogens is 180 g/mol. The van der Waals surface area contributed by atoms with Gasteiger partial charge in [0, 0.05) is 25.7 Å². The van der Waals surface area contributed by atoms with Crippen LogP contribution in [0.2, 0.25) is 0 Å². The van der Waals surface area contributed by atoms with Crippen LogP contribution in [-0.2, 0) is 4.74 Å². The lowest BCUT2D eigenvalue weighted by Crippen LogP contribution is -2.46. The van der Waals surface area contributed by atoms with Crippen molar-refractivity contribution in [3.8, 4) is 0 Å². The zero-order valence-corrected chi connectivity index (χ0v) is 8.61. The minimum absolute atomic E-state index is 0.195. The highest BCUT2D eigenvalue weighted by molar-refractivity contribution is 4.93. The van der Waals surface area contributed by atoms with Crippen molar-refractivity contribution in [1.29, 1.82) is 0 Å². The molecule has 14 heavy (non-hydrogen) atoms. The molecule has 1 saturated heterocycles. The monoisotopic (exact) mass is 200 g/mol. The summed E-state index contributed by atoms with van der Waals surface area (Å²) >= 11 is 0. The van der Waals surface area contributed by atoms with Gasteiger partial charge < -0.3 is 15.6 Å². The van der Waals surface area contributed by atoms with Gasteiger partial charge in [0.05, 0.1) is 18.8 Å². The first-order chi connectivity index (χ1) is 6.68. The maximum absolute atomic E-state index is 10.3. The Balaban J connectivity index is 1.83. The molecule has 4 heteroatoms. The Bertz CT molecular complexity index is 195. The van der Waals surface area contributed by atoms with Crippen molar-refractivity contribution >= 4 is 0 Å². The van der Waals surface area contributed by atoms with Gasteiger partial charge in [-0.2, -0.15) is 0 Å². The lowest BCUT2D eigenvalue weighted by atomic mass is 10.0. The van der Waals surface area contributed by atoms with E-state index in [1.165, 1.54) is 0 Å². The molecule has 0 aromatic carbocycles. The summed E-state index contributed by atoms with van der Waals surface area (Å²) in [5.41, 5.74) is 5.28. The fourth-order valence-electron chi connectivity index (χ4n) is 2.47. The lowest BCUT2D eigenvalue weighted by molar-refractivity contribution is -0.0288. The Morgan fingerprint density at radius 2 is 2.14 bits per heavy atom. The van der Waals surface area contributed by atoms with E-state index in [4.69, 9.17) is 10.5 Å². The third-order valence-electron chi connectivity index (χ3n) is 3.24. The maximum Gasteiger partial charge on any atom is 0.0789 e. The molecule has 1 aliphatic heterocycles. The molecule has 0 aromatic heterocycles. The van der Waals surface area contributed by atoms with Gasteiger partial charge in [-0.3, -0.25) is 4.90 Å². The predicted octanol–water partition coefficient (Wildman–Crippen LogP) is -0.439. The van der Waals surface area contributed by atoms with E-state index >= 15 is 0 Å². The summed E-state index contributed by atoms with van der Waals surface area (Å²) in [6.07, 6.45) is 2.57. The van der Waals surface area contributed by atoms with Crippen LogP contribution in [0.1, 0.15) is 19.3 Å². The fourth-order valence-corrected chi connectivity index (χ4v) is 2.47. The molecule has 1 saturated carbocycles. The first-order valence-electron chi connectivity index (χ1n) is 5.46. The summed E-state index contributed by atoms with van der Waals surface area (Å²) in [5.74, 6) is 0. The Morgan fingerprint density at radius 3 is 2.71 bits per heavy atom. The van der Waals surface area contributed by atoms with E-state index in [0.29, 0.717) is 0 Å². The van der Waals surface area contributed by atoms with Gasteiger partial charge in [0.25, 0.3) is 0 Å². The first-order valence-corrected chi connectivity index (χ1v) is 5.46. The van der Waals surface area contributed by atoms with Gasteiger partial charge in [-0.15, -0.1) is 0 Å². The molecule has 1 aliphatic carbocycles. The van der Waals surface area contributed by atoms with Crippen molar-refractivity contribution in [1.82, 2.24) is 4.90 Å². The van der Waals surface area contributed by atoms with E-state index in [1.807, 2.05) is 0 Å². The van der Waals surface area contributed by atoms with Crippen LogP contribution in [0.4, 0.5) is 0 Å². The molecule has 0 amide bonds. The van der Waals surface area contributed by atoms with Crippen LogP contribution in [-0.4, -0.2) is 54.5 Å². The zero-order valence-electron chi connectivity index (χ0n) is 8.61. The van der Waals surface area contributed by atoms with E-state index < -0.39 is 5.60 Å². The van der Waals surface area contributed by atoms with Crippen LogP contribution in [0.25, 0.3) is 0 Å². The topological polar surface area (TPSA) is 58.7 Å². The van der Waals surface area contributed by atoms with Crippen LogP contribution >= 0.6 is 0 Å². The van der Waals surface area contributed by atoms with Crippen LogP contribution < -0.4 is 5.73 Å². The summed E-state index contributed by atoms with van der Waals surface area (Å²) in [6, 6.07) is 0.195. The summed E-state index contributed by atoms with van der Waals surface area (Å²) < 4.78 is 5.27. The Kier molecular flexibility index (Phi) is 3.07. The Hall–Kier alpha value is -0.160. The quantitative estimate of drug-likeness (QED) is 0.634. The SMILES string of the molecule is NC1CCC(O)(CN2CCOCC2)C1. The van der Waals surface area contributed by atoms with Crippen molar-refractivity contribution < 1.29 is 9.84 Å². The number of hydrogen-bond acceptors (Lipinski definition) is 4. The van der Waals surface area contributed by atoms with Gasteiger partial charge in [0.2, 0.25) is 0 Å². The molecule has 0 radical (unpaired) electrons. The summed E-state index contributed by atoms with van der Waals surface area (Å²) in [4.78, 5) is 2.28. The maximum atomic E-state index is 10.3. The van der Waals surface area contributed by atoms with E-state index in [9.17, 15) is 5.11 Å². The van der Waals surface area contributed by atoms with E-state index in [-0.39, 0.29) is 6.04 Å². The fraction of sp³-hybridized carbons (Fsp3) is 1.00. The van der Waals surface area contributed by atoms with Gasteiger partial charge in [-0.05, 0) is 19.3 Å². The van der Waals surface area contributed by atoms with Crippen molar-refractivity contribution in [3.05, 3.63) is 0 Å². The second-order valence-electron chi connectivity index (χ2n) is 4.62. The van der Waals surface area contributed by atoms with E-state index in [2.05, 4.69) is 4.90 Å². The molecule has 0 bridgehead atoms. The molecule has 3 N–H and O–H groups in total. The molecule has 2 rings (SSSR count). The zero-order chi connectivity index (χ0) is 10.0. The molecule has 2 unspecified atom stereocenters. The summed E-state index contributed by atoms with van der Waals surface area (Å²) in [6.45, 7) is 4.24. The summed E-state index contributed by atoms with van der Waals surface area (Å²) in [5, 5.41) is 10.3. The van der Waals surface area contributed by atoms with Gasteiger partial charge in [-0.25, -0.2) is 0 Å². The van der Waals surface area contributed by atoms with Crippen molar-refractivity contribution in [2.75, 3.05) is 32.8 Å². The third kappa shape index (κ3) is 2.45. The molecule has 0 spiro atoms. The largest absolute Gasteiger partial charge is 0.388 e. The van der Waals surface area contributed by atoms with Gasteiger partial charge in [0.1, 0.15) is 0 Å². The normalized spacial score (nSPS) is 40.3. The molecule has 1 heterocycles. The number of morpholine rings is 1. The molecular formula is C10H20N2O2. The molecule has 2 aliphatic rings. The molecule has 2 atom stereocenters. The second kappa shape index (κ2) is 4.14. The highest BCUT2D eigenvalue weighted by atomic mass is 16.5. The van der Waals surface area contributed by atoms with Gasteiger partial charge in [-0.1, -0.05) is 0 Å². The molecule has 82 valence electrons. The number of rotatable bonds is 2. The van der Waals surface area contributed by atoms with Crippen LogP contribution in [0, 0.1) is 0 Å². The standard InChI is InChI=1S/C10H20N2O2/c11-9-1-2-10(13,7-9)8-12-3-5-14-6-4-12/h9,13H,1-8,11H2. The average Bonchev–Trinajstić information content (AvgIpc) is 2.47. The number of β-amino-alcohol motifs (C(OH)–C–C–N with tert-alkyl or cyclic N) is 1. The minimum atomic E-state index is -0.531. The van der Waals surface area contributed by atoms with Gasteiger partial charge >= 0.3 is 0 Å². The number of nitrogens with two attached hydrogens (primary N) is 1. The first kappa shape index (κ1) is 10.4. The van der Waals surface area contributed by atoms with E-state index in [1.54, 1.807) is 0 Å². The van der Waals surface area contributed by atoms with E-state index in [0.717, 1.165) is 52.1 Å². The number of hydrogen-bond donors (Lipinski definition) is 2. The molecule has 4 nitrogen and oxygen atoms in total. The minimum Gasteiger partial charge on any atom is -0.388 e. The van der Waals surface area contributed by atoms with Crippen molar-refractivity contribution in [2.45, 2.75) is 30.9 Å². The number of aliphatic hydroxyl groups is 1. The van der Waals surface area contributed by atoms with Crippen LogP contribution in [0.3, 0.4) is 0 Å². The lowest BCUT2D eigenvalue weighted by Gasteiger charge is -2.33. The summed E-state index contributed by atoms with van der Waals surface area (Å²) in [7, 11) is 0. The molecule has 0 aromatic rings. The Labute approximate surface area is 85.0 Å². The highest BCUT2D eigenvalue weighted by Gasteiger charge is 2.37. The van der Waals surface area contributed by atoms with Gasteiger partial charge in [0.15, 0.2) is 0 Å². The van der Waals surface area contributed by atoms with Crippen molar-refractivity contribution in [3.63, 3.8) is 0 Å². The number of nitrogens with zero attached hydrogens (tertiary/aromatic N) is 1. The highest BCUT2D eigenvalue weighted by Crippen LogP contribution is 2.29. The predicted molar refractivity (Wildman–Crippen MR) is 54.0 cm³/mol. The second-order valence-corrected chi connectivity index (χ2v) is 4.62. The van der Waals surface area contributed by atoms with Crippen LogP contribution in [0.5, 0.6) is 0 Å². The van der Waals surface area contributed by atoms with Crippen LogP contribution in [0.15, 0.2) is 0 Å². The third-order valence-corrected chi connectivity index (χ3v) is 3.24. The molecule has 2 fully saturated rings. The smallest absolute Gasteiger partial charge is 0.0789 e.